The van der Waals surface area contributed by atoms with Gasteiger partial charge in [-0.1, -0.05) is 0 Å². The molecule has 1 aromatic rings. The highest BCUT2D eigenvalue weighted by Gasteiger charge is 2.54. The Morgan fingerprint density at radius 3 is 2.38 bits per heavy atom. The minimum atomic E-state index is -4.81. The highest BCUT2D eigenvalue weighted by Crippen LogP contribution is 2.37. The van der Waals surface area contributed by atoms with Gasteiger partial charge < -0.3 is 10.0 Å². The lowest BCUT2D eigenvalue weighted by Crippen LogP contribution is -2.50. The molecule has 1 aliphatic heterocycles. The average molecular weight is 341 g/mol. The number of imide groups is 1. The first-order chi connectivity index (χ1) is 11.1. The number of alkyl halides is 3. The summed E-state index contributed by atoms with van der Waals surface area (Å²) in [5.41, 5.74) is -3.68. The number of hydrogen-bond donors (Lipinski definition) is 1. The van der Waals surface area contributed by atoms with Gasteiger partial charge in [0.25, 0.3) is 5.91 Å². The highest BCUT2D eigenvalue weighted by atomic mass is 19.4. The summed E-state index contributed by atoms with van der Waals surface area (Å²) in [6, 6.07) is 3.20. The molecule has 0 bridgehead atoms. The molecule has 128 valence electrons. The van der Waals surface area contributed by atoms with E-state index < -0.39 is 41.4 Å². The molecular weight excluding hydrogens is 327 g/mol. The lowest BCUT2D eigenvalue weighted by Gasteiger charge is -2.28. The van der Waals surface area contributed by atoms with Crippen LogP contribution < -0.4 is 4.90 Å². The highest BCUT2D eigenvalue weighted by molar-refractivity contribution is 6.23. The minimum absolute atomic E-state index is 0.0978. The maximum Gasteiger partial charge on any atom is 0.417 e. The van der Waals surface area contributed by atoms with Crippen LogP contribution in [-0.4, -0.2) is 40.6 Å². The van der Waals surface area contributed by atoms with Gasteiger partial charge in [-0.2, -0.15) is 18.4 Å². The third kappa shape index (κ3) is 2.49. The zero-order valence-electron chi connectivity index (χ0n) is 12.9. The Morgan fingerprint density at radius 2 is 1.96 bits per heavy atom. The second kappa shape index (κ2) is 5.79. The summed E-state index contributed by atoms with van der Waals surface area (Å²) >= 11 is 0. The molecule has 0 saturated carbocycles. The molecule has 1 saturated heterocycles. The quantitative estimate of drug-likeness (QED) is 0.854. The zero-order chi connectivity index (χ0) is 18.3. The maximum absolute atomic E-state index is 13.1. The van der Waals surface area contributed by atoms with E-state index in [-0.39, 0.29) is 12.2 Å². The molecule has 1 N–H and O–H groups in total. The van der Waals surface area contributed by atoms with E-state index in [0.29, 0.717) is 11.0 Å². The van der Waals surface area contributed by atoms with Crippen molar-refractivity contribution >= 4 is 17.6 Å². The van der Waals surface area contributed by atoms with Crippen molar-refractivity contribution in [2.45, 2.75) is 25.6 Å². The average Bonchev–Trinajstić information content (AvgIpc) is 2.72. The molecule has 0 spiro atoms. The van der Waals surface area contributed by atoms with E-state index in [1.807, 2.05) is 0 Å². The topological polar surface area (TPSA) is 84.6 Å². The molecule has 9 heteroatoms. The first kappa shape index (κ1) is 17.7. The van der Waals surface area contributed by atoms with Crippen LogP contribution in [0.3, 0.4) is 0 Å². The van der Waals surface area contributed by atoms with Crippen molar-refractivity contribution in [3.63, 3.8) is 0 Å². The SMILES string of the molecule is CCN1C(=O)N(c2ccc(C#N)c(C(F)(F)F)c2)C(=O)C1(C)CO. The number of anilines is 1. The molecule has 0 aromatic heterocycles. The summed E-state index contributed by atoms with van der Waals surface area (Å²) < 4.78 is 39.2. The predicted octanol–water partition coefficient (Wildman–Crippen LogP) is 2.12. The molecule has 0 aliphatic carbocycles. The van der Waals surface area contributed by atoms with Crippen LogP contribution in [0.15, 0.2) is 18.2 Å². The van der Waals surface area contributed by atoms with Crippen molar-refractivity contribution in [3.05, 3.63) is 29.3 Å². The fourth-order valence-electron chi connectivity index (χ4n) is 2.64. The largest absolute Gasteiger partial charge is 0.417 e. The number of aliphatic hydroxyl groups is 1. The number of hydrogen-bond acceptors (Lipinski definition) is 4. The van der Waals surface area contributed by atoms with Gasteiger partial charge in [-0.15, -0.1) is 0 Å². The normalized spacial score (nSPS) is 21.4. The zero-order valence-corrected chi connectivity index (χ0v) is 12.9. The van der Waals surface area contributed by atoms with Gasteiger partial charge in [-0.05, 0) is 32.0 Å². The van der Waals surface area contributed by atoms with E-state index in [2.05, 4.69) is 0 Å². The number of urea groups is 1. The first-order valence-corrected chi connectivity index (χ1v) is 7.00. The molecule has 1 aliphatic rings. The number of nitrogens with zero attached hydrogens (tertiary/aromatic N) is 3. The van der Waals surface area contributed by atoms with E-state index in [1.165, 1.54) is 13.0 Å². The van der Waals surface area contributed by atoms with Gasteiger partial charge in [0, 0.05) is 6.54 Å². The molecule has 0 radical (unpaired) electrons. The number of rotatable bonds is 3. The lowest BCUT2D eigenvalue weighted by molar-refractivity contribution is -0.137. The fourth-order valence-corrected chi connectivity index (χ4v) is 2.64. The van der Waals surface area contributed by atoms with E-state index in [1.54, 1.807) is 6.92 Å². The third-order valence-electron chi connectivity index (χ3n) is 3.99. The smallest absolute Gasteiger partial charge is 0.393 e. The Labute approximate surface area is 135 Å². The molecular formula is C15H14F3N3O3. The Hall–Kier alpha value is -2.60. The van der Waals surface area contributed by atoms with Gasteiger partial charge in [0.15, 0.2) is 0 Å². The Morgan fingerprint density at radius 1 is 1.33 bits per heavy atom. The van der Waals surface area contributed by atoms with E-state index in [9.17, 15) is 27.9 Å². The molecule has 1 unspecified atom stereocenters. The minimum Gasteiger partial charge on any atom is -0.393 e. The van der Waals surface area contributed by atoms with Crippen LogP contribution >= 0.6 is 0 Å². The predicted molar refractivity (Wildman–Crippen MR) is 76.9 cm³/mol. The fraction of sp³-hybridized carbons (Fsp3) is 0.400. The molecule has 2 rings (SSSR count). The number of likely N-dealkylation sites (N-methyl/N-ethyl adjacent to an activating group) is 1. The Bertz CT molecular complexity index is 742. The van der Waals surface area contributed by atoms with Crippen molar-refractivity contribution in [1.29, 1.82) is 5.26 Å². The number of halogens is 3. The van der Waals surface area contributed by atoms with Gasteiger partial charge in [0.1, 0.15) is 5.54 Å². The number of carbonyl (C=O) groups is 2. The summed E-state index contributed by atoms with van der Waals surface area (Å²) in [6.45, 7) is 2.36. The first-order valence-electron chi connectivity index (χ1n) is 7.00. The number of carbonyl (C=O) groups excluding carboxylic acids is 2. The van der Waals surface area contributed by atoms with Gasteiger partial charge in [0.05, 0.1) is 29.5 Å². The number of nitriles is 1. The lowest BCUT2D eigenvalue weighted by atomic mass is 10.0. The molecule has 1 fully saturated rings. The number of aliphatic hydroxyl groups excluding tert-OH is 1. The van der Waals surface area contributed by atoms with Crippen LogP contribution in [0.25, 0.3) is 0 Å². The van der Waals surface area contributed by atoms with E-state index >= 15 is 0 Å². The summed E-state index contributed by atoms with van der Waals surface area (Å²) in [4.78, 5) is 26.6. The second-order valence-electron chi connectivity index (χ2n) is 5.44. The molecule has 1 heterocycles. The van der Waals surface area contributed by atoms with Gasteiger partial charge in [-0.25, -0.2) is 9.69 Å². The summed E-state index contributed by atoms with van der Waals surface area (Å²) in [5.74, 6) is -0.824. The molecule has 1 atom stereocenters. The van der Waals surface area contributed by atoms with Crippen LogP contribution in [0.4, 0.5) is 23.7 Å². The summed E-state index contributed by atoms with van der Waals surface area (Å²) in [5, 5.41) is 18.3. The summed E-state index contributed by atoms with van der Waals surface area (Å²) in [7, 11) is 0. The van der Waals surface area contributed by atoms with Crippen LogP contribution in [0.2, 0.25) is 0 Å². The maximum atomic E-state index is 13.1. The Balaban J connectivity index is 2.59. The monoisotopic (exact) mass is 341 g/mol. The third-order valence-corrected chi connectivity index (χ3v) is 3.99. The molecule has 3 amide bonds. The standard InChI is InChI=1S/C15H14F3N3O3/c1-3-20-13(24)21(12(23)14(20,2)8-22)10-5-4-9(7-19)11(6-10)15(16,17)18/h4-6,22H,3,8H2,1-2H3. The molecule has 1 aromatic carbocycles. The van der Waals surface area contributed by atoms with Crippen molar-refractivity contribution < 1.29 is 27.9 Å². The van der Waals surface area contributed by atoms with Gasteiger partial charge in [0.2, 0.25) is 0 Å². The number of amides is 3. The summed E-state index contributed by atoms with van der Waals surface area (Å²) in [6.07, 6.45) is -4.81. The van der Waals surface area contributed by atoms with Crippen molar-refractivity contribution in [2.75, 3.05) is 18.1 Å². The van der Waals surface area contributed by atoms with Crippen molar-refractivity contribution in [1.82, 2.24) is 4.90 Å². The van der Waals surface area contributed by atoms with Crippen LogP contribution in [-0.2, 0) is 11.0 Å². The van der Waals surface area contributed by atoms with Crippen LogP contribution in [0.1, 0.15) is 25.0 Å². The van der Waals surface area contributed by atoms with Crippen LogP contribution in [0, 0.1) is 11.3 Å². The van der Waals surface area contributed by atoms with Gasteiger partial charge in [-0.3, -0.25) is 4.79 Å². The Kier molecular flexibility index (Phi) is 4.29. The molecule has 24 heavy (non-hydrogen) atoms. The van der Waals surface area contributed by atoms with Crippen molar-refractivity contribution in [3.8, 4) is 6.07 Å². The van der Waals surface area contributed by atoms with E-state index in [4.69, 9.17) is 5.26 Å². The molecule has 6 nitrogen and oxygen atoms in total. The second-order valence-corrected chi connectivity index (χ2v) is 5.44. The van der Waals surface area contributed by atoms with Crippen molar-refractivity contribution in [2.24, 2.45) is 0 Å². The van der Waals surface area contributed by atoms with E-state index in [0.717, 1.165) is 17.0 Å². The van der Waals surface area contributed by atoms with Gasteiger partial charge >= 0.3 is 12.2 Å². The van der Waals surface area contributed by atoms with Crippen LogP contribution in [0.5, 0.6) is 0 Å². The number of benzene rings is 1.